The van der Waals surface area contributed by atoms with Crippen LogP contribution in [-0.4, -0.2) is 43.6 Å². The van der Waals surface area contributed by atoms with E-state index in [1.165, 1.54) is 0 Å². The molecular weight excluding hydrogens is 336 g/mol. The van der Waals surface area contributed by atoms with E-state index < -0.39 is 33.5 Å². The summed E-state index contributed by atoms with van der Waals surface area (Å²) in [5, 5.41) is 8.14. The Bertz CT molecular complexity index is 905. The van der Waals surface area contributed by atoms with Crippen molar-refractivity contribution in [3.05, 3.63) is 36.0 Å². The minimum Gasteiger partial charge on any atom is -0.462 e. The maximum atomic E-state index is 13.0. The lowest BCUT2D eigenvalue weighted by Crippen LogP contribution is -2.42. The van der Waals surface area contributed by atoms with E-state index in [9.17, 15) is 18.0 Å². The normalized spacial score (nSPS) is 14.0. The third-order valence-electron chi connectivity index (χ3n) is 3.38. The van der Waals surface area contributed by atoms with Gasteiger partial charge in [0.2, 0.25) is 5.91 Å². The molecule has 1 aliphatic heterocycles. The summed E-state index contributed by atoms with van der Waals surface area (Å²) in [7, 11) is -4.21. The molecule has 3 rings (SSSR count). The molecule has 0 radical (unpaired) electrons. The number of anilines is 2. The number of sulfonamides is 1. The summed E-state index contributed by atoms with van der Waals surface area (Å²) >= 11 is 0. The molecule has 0 spiro atoms. The number of hydrogen-bond donors (Lipinski definition) is 2. The van der Waals surface area contributed by atoms with Crippen LogP contribution in [0, 0.1) is 0 Å². The summed E-state index contributed by atoms with van der Waals surface area (Å²) in [6.07, 6.45) is 1.08. The zero-order chi connectivity index (χ0) is 17.3. The number of H-pyrrole nitrogens is 1. The molecule has 2 N–H and O–H groups in total. The molecule has 0 atom stereocenters. The number of amides is 1. The van der Waals surface area contributed by atoms with Crippen LogP contribution in [0.2, 0.25) is 0 Å². The Hall–Kier alpha value is -2.88. The molecule has 2 heterocycles. The molecule has 1 aliphatic rings. The van der Waals surface area contributed by atoms with Gasteiger partial charge >= 0.3 is 5.97 Å². The molecule has 0 bridgehead atoms. The topological polar surface area (TPSA) is 121 Å². The summed E-state index contributed by atoms with van der Waals surface area (Å²) in [5.41, 5.74) is 0.469. The van der Waals surface area contributed by atoms with Crippen LogP contribution in [-0.2, 0) is 19.6 Å². The highest BCUT2D eigenvalue weighted by Gasteiger charge is 2.36. The average Bonchev–Trinajstić information content (AvgIpc) is 3.04. The van der Waals surface area contributed by atoms with Gasteiger partial charge in [0.1, 0.15) is 12.1 Å². The van der Waals surface area contributed by atoms with Gasteiger partial charge in [0.25, 0.3) is 10.0 Å². The van der Waals surface area contributed by atoms with Crippen LogP contribution in [0.25, 0.3) is 0 Å². The van der Waals surface area contributed by atoms with Gasteiger partial charge in [-0.2, -0.15) is 13.5 Å². The standard InChI is InChI=1S/C14H14N4O5S/c1-2-23-14(20)9-7-15-17-13(9)24(21,22)18-8-12(19)16-10-5-3-4-6-11(10)18/h3-7H,2,8H2,1H3,(H,15,17)(H,16,19). The van der Waals surface area contributed by atoms with Crippen LogP contribution in [0.1, 0.15) is 17.3 Å². The number of carbonyl (C=O) groups is 2. The Kier molecular flexibility index (Phi) is 3.97. The minimum absolute atomic E-state index is 0.0957. The van der Waals surface area contributed by atoms with Crippen molar-refractivity contribution < 1.29 is 22.7 Å². The van der Waals surface area contributed by atoms with Gasteiger partial charge in [-0.25, -0.2) is 4.79 Å². The highest BCUT2D eigenvalue weighted by molar-refractivity contribution is 7.92. The number of nitrogens with one attached hydrogen (secondary N) is 2. The lowest BCUT2D eigenvalue weighted by Gasteiger charge is -2.29. The highest BCUT2D eigenvalue weighted by atomic mass is 32.2. The first-order valence-corrected chi connectivity index (χ1v) is 8.51. The van der Waals surface area contributed by atoms with Crippen molar-refractivity contribution in [3.63, 3.8) is 0 Å². The van der Waals surface area contributed by atoms with Gasteiger partial charge in [0.05, 0.1) is 24.2 Å². The molecular formula is C14H14N4O5S. The lowest BCUT2D eigenvalue weighted by molar-refractivity contribution is -0.115. The van der Waals surface area contributed by atoms with Crippen molar-refractivity contribution in [1.29, 1.82) is 0 Å². The van der Waals surface area contributed by atoms with Gasteiger partial charge < -0.3 is 10.1 Å². The number of benzene rings is 1. The van der Waals surface area contributed by atoms with Crippen molar-refractivity contribution in [1.82, 2.24) is 10.2 Å². The smallest absolute Gasteiger partial charge is 0.342 e. The number of carbonyl (C=O) groups excluding carboxylic acids is 2. The van der Waals surface area contributed by atoms with Gasteiger partial charge in [0, 0.05) is 0 Å². The van der Waals surface area contributed by atoms with Gasteiger partial charge in [-0.1, -0.05) is 12.1 Å². The van der Waals surface area contributed by atoms with Gasteiger partial charge in [-0.3, -0.25) is 14.2 Å². The second kappa shape index (κ2) is 5.96. The van der Waals surface area contributed by atoms with E-state index in [1.54, 1.807) is 31.2 Å². The quantitative estimate of drug-likeness (QED) is 0.784. The number of fused-ring (bicyclic) bond motifs is 1. The van der Waals surface area contributed by atoms with E-state index in [0.29, 0.717) is 11.4 Å². The fourth-order valence-electron chi connectivity index (χ4n) is 2.35. The van der Waals surface area contributed by atoms with Crippen LogP contribution in [0.5, 0.6) is 0 Å². The summed E-state index contributed by atoms with van der Waals surface area (Å²) in [6.45, 7) is 1.30. The average molecular weight is 350 g/mol. The molecule has 9 nitrogen and oxygen atoms in total. The van der Waals surface area contributed by atoms with Crippen LogP contribution >= 0.6 is 0 Å². The Morgan fingerprint density at radius 3 is 2.88 bits per heavy atom. The molecule has 0 aliphatic carbocycles. The van der Waals surface area contributed by atoms with E-state index in [2.05, 4.69) is 15.5 Å². The molecule has 0 saturated carbocycles. The predicted molar refractivity (Wildman–Crippen MR) is 84.1 cm³/mol. The molecule has 0 fully saturated rings. The molecule has 2 aromatic rings. The van der Waals surface area contributed by atoms with Crippen LogP contribution < -0.4 is 9.62 Å². The van der Waals surface area contributed by atoms with Crippen LogP contribution in [0.4, 0.5) is 11.4 Å². The van der Waals surface area contributed by atoms with Gasteiger partial charge in [0.15, 0.2) is 5.03 Å². The number of aromatic nitrogens is 2. The van der Waals surface area contributed by atoms with Crippen molar-refractivity contribution in [2.45, 2.75) is 11.9 Å². The maximum Gasteiger partial charge on any atom is 0.342 e. The minimum atomic E-state index is -4.21. The lowest BCUT2D eigenvalue weighted by atomic mass is 10.2. The third-order valence-corrected chi connectivity index (χ3v) is 5.12. The number of aromatic amines is 1. The molecule has 10 heteroatoms. The molecule has 0 unspecified atom stereocenters. The number of rotatable bonds is 4. The van der Waals surface area contributed by atoms with Crippen molar-refractivity contribution in [2.24, 2.45) is 0 Å². The van der Waals surface area contributed by atoms with Gasteiger partial charge in [-0.15, -0.1) is 0 Å². The zero-order valence-corrected chi connectivity index (χ0v) is 13.5. The van der Waals surface area contributed by atoms with E-state index in [0.717, 1.165) is 10.5 Å². The fraction of sp³-hybridized carbons (Fsp3) is 0.214. The van der Waals surface area contributed by atoms with Crippen molar-refractivity contribution in [3.8, 4) is 0 Å². The molecule has 0 saturated heterocycles. The fourth-order valence-corrected chi connectivity index (χ4v) is 3.86. The predicted octanol–water partition coefficient (Wildman–Crippen LogP) is 0.734. The number of esters is 1. The van der Waals surface area contributed by atoms with Crippen LogP contribution in [0.3, 0.4) is 0 Å². The Balaban J connectivity index is 2.08. The van der Waals surface area contributed by atoms with E-state index in [4.69, 9.17) is 4.74 Å². The van der Waals surface area contributed by atoms with Gasteiger partial charge in [-0.05, 0) is 19.1 Å². The molecule has 1 aromatic heterocycles. The second-order valence-corrected chi connectivity index (χ2v) is 6.71. The number of para-hydroxylation sites is 2. The third kappa shape index (κ3) is 2.60. The first kappa shape index (κ1) is 16.0. The van der Waals surface area contributed by atoms with Crippen molar-refractivity contribution in [2.75, 3.05) is 22.8 Å². The van der Waals surface area contributed by atoms with E-state index in [-0.39, 0.29) is 12.2 Å². The summed E-state index contributed by atoms with van der Waals surface area (Å²) in [4.78, 5) is 23.8. The maximum absolute atomic E-state index is 13.0. The molecule has 1 aromatic carbocycles. The van der Waals surface area contributed by atoms with Crippen molar-refractivity contribution >= 4 is 33.3 Å². The molecule has 1 amide bonds. The first-order chi connectivity index (χ1) is 11.4. The Labute approximate surface area is 137 Å². The first-order valence-electron chi connectivity index (χ1n) is 7.07. The summed E-state index contributed by atoms with van der Waals surface area (Å²) in [5.74, 6) is -1.28. The van der Waals surface area contributed by atoms with E-state index in [1.807, 2.05) is 0 Å². The Morgan fingerprint density at radius 2 is 2.12 bits per heavy atom. The monoisotopic (exact) mass is 350 g/mol. The Morgan fingerprint density at radius 1 is 1.38 bits per heavy atom. The van der Waals surface area contributed by atoms with E-state index >= 15 is 0 Å². The largest absolute Gasteiger partial charge is 0.462 e. The molecule has 126 valence electrons. The summed E-state index contributed by atoms with van der Waals surface area (Å²) in [6, 6.07) is 6.48. The summed E-state index contributed by atoms with van der Waals surface area (Å²) < 4.78 is 31.7. The number of nitrogens with zero attached hydrogens (tertiary/aromatic N) is 2. The highest BCUT2D eigenvalue weighted by Crippen LogP contribution is 2.33. The number of ether oxygens (including phenoxy) is 1. The zero-order valence-electron chi connectivity index (χ0n) is 12.6. The second-order valence-electron chi connectivity index (χ2n) is 4.91. The number of hydrogen-bond acceptors (Lipinski definition) is 6. The molecule has 24 heavy (non-hydrogen) atoms. The van der Waals surface area contributed by atoms with Crippen LogP contribution in [0.15, 0.2) is 35.5 Å². The SMILES string of the molecule is CCOC(=O)c1cn[nH]c1S(=O)(=O)N1CC(=O)Nc2ccccc21.